The van der Waals surface area contributed by atoms with Crippen molar-refractivity contribution in [3.8, 4) is 0 Å². The van der Waals surface area contributed by atoms with Crippen molar-refractivity contribution in [2.45, 2.75) is 24.9 Å². The van der Waals surface area contributed by atoms with E-state index >= 15 is 0 Å². The average Bonchev–Trinajstić information content (AvgIpc) is 2.98. The van der Waals surface area contributed by atoms with Crippen molar-refractivity contribution in [2.75, 3.05) is 12.4 Å². The van der Waals surface area contributed by atoms with E-state index in [0.717, 1.165) is 18.9 Å². The summed E-state index contributed by atoms with van der Waals surface area (Å²) < 4.78 is 37.1. The molecule has 6 heteroatoms. The SMILES string of the molecule is CNc1nnc(C(F)(F)F)cc1C1CC1. The van der Waals surface area contributed by atoms with Crippen LogP contribution in [0.2, 0.25) is 0 Å². The van der Waals surface area contributed by atoms with Gasteiger partial charge in [-0.3, -0.25) is 0 Å². The molecule has 82 valence electrons. The summed E-state index contributed by atoms with van der Waals surface area (Å²) in [5.74, 6) is 0.662. The quantitative estimate of drug-likeness (QED) is 0.826. The van der Waals surface area contributed by atoms with Crippen molar-refractivity contribution in [3.05, 3.63) is 17.3 Å². The normalized spacial score (nSPS) is 16.5. The molecule has 1 saturated carbocycles. The zero-order valence-corrected chi connectivity index (χ0v) is 8.10. The summed E-state index contributed by atoms with van der Waals surface area (Å²) in [6.45, 7) is 0. The Morgan fingerprint density at radius 1 is 1.33 bits per heavy atom. The van der Waals surface area contributed by atoms with E-state index in [0.29, 0.717) is 11.4 Å². The highest BCUT2D eigenvalue weighted by Crippen LogP contribution is 2.43. The van der Waals surface area contributed by atoms with Crippen molar-refractivity contribution in [2.24, 2.45) is 0 Å². The van der Waals surface area contributed by atoms with Gasteiger partial charge in [-0.05, 0) is 24.8 Å². The molecular weight excluding hydrogens is 207 g/mol. The summed E-state index contributed by atoms with van der Waals surface area (Å²) in [4.78, 5) is 0. The summed E-state index contributed by atoms with van der Waals surface area (Å²) in [5.41, 5.74) is -0.289. The predicted octanol–water partition coefficient (Wildman–Crippen LogP) is 2.41. The first kappa shape index (κ1) is 10.2. The Morgan fingerprint density at radius 2 is 2.00 bits per heavy atom. The zero-order valence-electron chi connectivity index (χ0n) is 8.10. The second-order valence-corrected chi connectivity index (χ2v) is 3.56. The van der Waals surface area contributed by atoms with E-state index in [1.165, 1.54) is 0 Å². The minimum Gasteiger partial charge on any atom is -0.371 e. The summed E-state index contributed by atoms with van der Waals surface area (Å²) in [6, 6.07) is 1.09. The van der Waals surface area contributed by atoms with Gasteiger partial charge in [-0.25, -0.2) is 0 Å². The molecule has 15 heavy (non-hydrogen) atoms. The topological polar surface area (TPSA) is 37.8 Å². The van der Waals surface area contributed by atoms with Gasteiger partial charge in [0.05, 0.1) is 0 Å². The fraction of sp³-hybridized carbons (Fsp3) is 0.556. The molecule has 0 aromatic carbocycles. The Morgan fingerprint density at radius 3 is 2.47 bits per heavy atom. The molecule has 2 rings (SSSR count). The molecule has 1 heterocycles. The van der Waals surface area contributed by atoms with Crippen molar-refractivity contribution in [1.82, 2.24) is 10.2 Å². The van der Waals surface area contributed by atoms with Crippen molar-refractivity contribution in [3.63, 3.8) is 0 Å². The first-order valence-corrected chi connectivity index (χ1v) is 4.65. The molecule has 1 N–H and O–H groups in total. The third kappa shape index (κ3) is 2.03. The Balaban J connectivity index is 2.40. The minimum atomic E-state index is -4.41. The van der Waals surface area contributed by atoms with Crippen LogP contribution in [0.3, 0.4) is 0 Å². The number of alkyl halides is 3. The molecule has 1 aliphatic carbocycles. The van der Waals surface area contributed by atoms with Crippen molar-refractivity contribution < 1.29 is 13.2 Å². The van der Waals surface area contributed by atoms with Crippen LogP contribution in [-0.4, -0.2) is 17.2 Å². The molecule has 0 bridgehead atoms. The Bertz CT molecular complexity index is 371. The predicted molar refractivity (Wildman–Crippen MR) is 48.6 cm³/mol. The fourth-order valence-corrected chi connectivity index (χ4v) is 1.44. The minimum absolute atomic E-state index is 0.212. The number of nitrogens with zero attached hydrogens (tertiary/aromatic N) is 2. The van der Waals surface area contributed by atoms with Crippen molar-refractivity contribution >= 4 is 5.82 Å². The van der Waals surface area contributed by atoms with Gasteiger partial charge in [0.1, 0.15) is 0 Å². The lowest BCUT2D eigenvalue weighted by molar-refractivity contribution is -0.141. The first-order valence-electron chi connectivity index (χ1n) is 4.65. The molecule has 1 aromatic heterocycles. The van der Waals surface area contributed by atoms with E-state index in [9.17, 15) is 13.2 Å². The standard InChI is InChI=1S/C9H10F3N3/c1-13-8-6(5-2-3-5)4-7(14-15-8)9(10,11)12/h4-5H,2-3H2,1H3,(H,13,15). The molecular formula is C9H10F3N3. The van der Waals surface area contributed by atoms with E-state index in [1.807, 2.05) is 0 Å². The maximum Gasteiger partial charge on any atom is 0.435 e. The lowest BCUT2D eigenvalue weighted by Crippen LogP contribution is -2.11. The van der Waals surface area contributed by atoms with E-state index in [-0.39, 0.29) is 5.92 Å². The van der Waals surface area contributed by atoms with Crippen LogP contribution in [0.4, 0.5) is 19.0 Å². The molecule has 1 aromatic rings. The van der Waals surface area contributed by atoms with Gasteiger partial charge in [0.15, 0.2) is 11.5 Å². The van der Waals surface area contributed by atoms with E-state index < -0.39 is 11.9 Å². The van der Waals surface area contributed by atoms with Crippen molar-refractivity contribution in [1.29, 1.82) is 0 Å². The van der Waals surface area contributed by atoms with Crippen LogP contribution >= 0.6 is 0 Å². The van der Waals surface area contributed by atoms with Gasteiger partial charge in [-0.2, -0.15) is 13.2 Å². The maximum absolute atomic E-state index is 12.4. The molecule has 0 unspecified atom stereocenters. The largest absolute Gasteiger partial charge is 0.435 e. The molecule has 0 amide bonds. The highest BCUT2D eigenvalue weighted by molar-refractivity contribution is 5.47. The molecule has 1 aliphatic rings. The van der Waals surface area contributed by atoms with Crippen LogP contribution in [0.15, 0.2) is 6.07 Å². The van der Waals surface area contributed by atoms with Crippen LogP contribution in [0.1, 0.15) is 30.0 Å². The molecule has 3 nitrogen and oxygen atoms in total. The average molecular weight is 217 g/mol. The summed E-state index contributed by atoms with van der Waals surface area (Å²) in [5, 5.41) is 9.45. The lowest BCUT2D eigenvalue weighted by Gasteiger charge is -2.10. The number of rotatable bonds is 2. The van der Waals surface area contributed by atoms with Gasteiger partial charge in [-0.15, -0.1) is 10.2 Å². The molecule has 1 fully saturated rings. The van der Waals surface area contributed by atoms with E-state index in [4.69, 9.17) is 0 Å². The van der Waals surface area contributed by atoms with Crippen LogP contribution in [0, 0.1) is 0 Å². The first-order chi connectivity index (χ1) is 7.02. The van der Waals surface area contributed by atoms with Gasteiger partial charge in [0.2, 0.25) is 0 Å². The number of anilines is 1. The summed E-state index contributed by atoms with van der Waals surface area (Å²) >= 11 is 0. The van der Waals surface area contributed by atoms with Crippen LogP contribution < -0.4 is 5.32 Å². The number of hydrogen-bond donors (Lipinski definition) is 1. The van der Waals surface area contributed by atoms with Gasteiger partial charge >= 0.3 is 6.18 Å². The van der Waals surface area contributed by atoms with E-state index in [1.54, 1.807) is 7.05 Å². The Labute approximate surface area is 84.7 Å². The third-order valence-electron chi connectivity index (χ3n) is 2.37. The van der Waals surface area contributed by atoms with Crippen LogP contribution in [0.5, 0.6) is 0 Å². The molecule has 0 spiro atoms. The van der Waals surface area contributed by atoms with Gasteiger partial charge in [0, 0.05) is 12.6 Å². The van der Waals surface area contributed by atoms with Gasteiger partial charge in [0.25, 0.3) is 0 Å². The van der Waals surface area contributed by atoms with Crippen LogP contribution in [-0.2, 0) is 6.18 Å². The highest BCUT2D eigenvalue weighted by atomic mass is 19.4. The maximum atomic E-state index is 12.4. The third-order valence-corrected chi connectivity index (χ3v) is 2.37. The molecule has 0 aliphatic heterocycles. The molecule has 0 saturated heterocycles. The summed E-state index contributed by atoms with van der Waals surface area (Å²) in [6.07, 6.45) is -2.56. The zero-order chi connectivity index (χ0) is 11.1. The number of halogens is 3. The Hall–Kier alpha value is -1.33. The number of nitrogens with one attached hydrogen (secondary N) is 1. The van der Waals surface area contributed by atoms with Gasteiger partial charge < -0.3 is 5.32 Å². The highest BCUT2D eigenvalue weighted by Gasteiger charge is 2.36. The smallest absolute Gasteiger partial charge is 0.371 e. The summed E-state index contributed by atoms with van der Waals surface area (Å²) in [7, 11) is 1.63. The Kier molecular flexibility index (Phi) is 2.28. The monoisotopic (exact) mass is 217 g/mol. The second-order valence-electron chi connectivity index (χ2n) is 3.56. The number of aromatic nitrogens is 2. The fourth-order valence-electron chi connectivity index (χ4n) is 1.44. The molecule has 0 atom stereocenters. The van der Waals surface area contributed by atoms with Crippen LogP contribution in [0.25, 0.3) is 0 Å². The number of hydrogen-bond acceptors (Lipinski definition) is 3. The van der Waals surface area contributed by atoms with E-state index in [2.05, 4.69) is 15.5 Å². The van der Waals surface area contributed by atoms with Gasteiger partial charge in [-0.1, -0.05) is 0 Å². The molecule has 0 radical (unpaired) electrons. The second kappa shape index (κ2) is 3.36. The lowest BCUT2D eigenvalue weighted by atomic mass is 10.1.